The van der Waals surface area contributed by atoms with Crippen LogP contribution in [0.3, 0.4) is 0 Å². The number of hydrogen-bond acceptors (Lipinski definition) is 5. The predicted octanol–water partition coefficient (Wildman–Crippen LogP) is 5.56. The molecule has 0 atom stereocenters. The molecular weight excluding hydrogens is 526 g/mol. The minimum atomic E-state index is -3.00. The maximum Gasteiger partial charge on any atom is 0.387 e. The molecule has 0 N–H and O–H groups in total. The summed E-state index contributed by atoms with van der Waals surface area (Å²) in [5.74, 6) is 0.923. The third-order valence-corrected chi connectivity index (χ3v) is 10.0. The van der Waals surface area contributed by atoms with Crippen LogP contribution >= 0.6 is 7.14 Å². The van der Waals surface area contributed by atoms with Gasteiger partial charge in [-0.3, -0.25) is 0 Å². The van der Waals surface area contributed by atoms with Crippen LogP contribution in [0.15, 0.2) is 60.9 Å². The minimum Gasteiger partial charge on any atom is -0.434 e. The van der Waals surface area contributed by atoms with Gasteiger partial charge in [-0.25, -0.2) is 19.0 Å². The van der Waals surface area contributed by atoms with E-state index in [0.29, 0.717) is 63.1 Å². The van der Waals surface area contributed by atoms with E-state index < -0.39 is 30.6 Å². The van der Waals surface area contributed by atoms with Gasteiger partial charge in [0, 0.05) is 40.9 Å². The molecule has 2 bridgehead atoms. The topological polar surface area (TPSA) is 74.8 Å². The van der Waals surface area contributed by atoms with Crippen molar-refractivity contribution < 1.29 is 22.5 Å². The molecule has 0 saturated heterocycles. The largest absolute Gasteiger partial charge is 0.434 e. The second kappa shape index (κ2) is 7.18. The van der Waals surface area contributed by atoms with Crippen LogP contribution in [-0.2, 0) is 15.6 Å². The molecule has 7 nitrogen and oxygen atoms in total. The van der Waals surface area contributed by atoms with Crippen LogP contribution in [-0.4, -0.2) is 44.3 Å². The van der Waals surface area contributed by atoms with Crippen molar-refractivity contribution >= 4 is 23.5 Å². The van der Waals surface area contributed by atoms with E-state index >= 15 is 4.39 Å². The summed E-state index contributed by atoms with van der Waals surface area (Å²) >= 11 is 0. The lowest BCUT2D eigenvalue weighted by Crippen LogP contribution is -2.50. The first kappa shape index (κ1) is 23.0. The summed E-state index contributed by atoms with van der Waals surface area (Å²) in [5.41, 5.74) is 2.12. The van der Waals surface area contributed by atoms with Crippen molar-refractivity contribution in [3.8, 4) is 28.3 Å². The van der Waals surface area contributed by atoms with E-state index in [2.05, 4.69) is 14.6 Å². The molecule has 0 amide bonds. The molecule has 1 fully saturated rings. The van der Waals surface area contributed by atoms with Crippen LogP contribution < -0.4 is 10.0 Å². The number of halogens is 3. The fourth-order valence-corrected chi connectivity index (χ4v) is 7.83. The zero-order chi connectivity index (χ0) is 26.9. The van der Waals surface area contributed by atoms with Crippen LogP contribution in [0.5, 0.6) is 5.75 Å². The van der Waals surface area contributed by atoms with Crippen LogP contribution in [0, 0.1) is 5.82 Å². The molecule has 0 unspecified atom stereocenters. The minimum absolute atomic E-state index is 0.0868. The summed E-state index contributed by atoms with van der Waals surface area (Å²) < 4.78 is 64.0. The molecule has 11 heteroatoms. The van der Waals surface area contributed by atoms with Crippen LogP contribution in [0.2, 0.25) is 0 Å². The van der Waals surface area contributed by atoms with Crippen LogP contribution in [0.25, 0.3) is 33.5 Å². The number of aromatic nitrogens is 5. The Bertz CT molecular complexity index is 1900. The SMILES string of the molecule is CP(C)(=O)c1ccc(-c2cc3c(cc2F)nc2n3C34CC2(C3)n2ncnc2-c2cccc(OC(F)F)c24)cc1. The Balaban J connectivity index is 1.39. The summed E-state index contributed by atoms with van der Waals surface area (Å²) in [5, 5.41) is 5.25. The first-order chi connectivity index (χ1) is 18.6. The van der Waals surface area contributed by atoms with E-state index in [4.69, 9.17) is 9.72 Å². The Morgan fingerprint density at radius 2 is 1.79 bits per heavy atom. The van der Waals surface area contributed by atoms with Gasteiger partial charge in [-0.15, -0.1) is 0 Å². The van der Waals surface area contributed by atoms with Crippen molar-refractivity contribution in [2.24, 2.45) is 0 Å². The van der Waals surface area contributed by atoms with Gasteiger partial charge in [-0.05, 0) is 31.0 Å². The summed E-state index contributed by atoms with van der Waals surface area (Å²) in [6.45, 7) is 0.393. The van der Waals surface area contributed by atoms with Gasteiger partial charge in [0.25, 0.3) is 0 Å². The molecular formula is C28H21F3N5O2P. The molecule has 4 aliphatic rings. The Labute approximate surface area is 220 Å². The van der Waals surface area contributed by atoms with Crippen molar-refractivity contribution in [2.75, 3.05) is 13.3 Å². The summed E-state index contributed by atoms with van der Waals surface area (Å²) in [4.78, 5) is 9.35. The summed E-state index contributed by atoms with van der Waals surface area (Å²) in [6, 6.07) is 15.3. The fourth-order valence-electron chi connectivity index (χ4n) is 6.96. The highest BCUT2D eigenvalue weighted by Crippen LogP contribution is 2.70. The lowest BCUT2D eigenvalue weighted by molar-refractivity contribution is -0.0520. The number of hydrogen-bond donors (Lipinski definition) is 0. The van der Waals surface area contributed by atoms with E-state index in [1.54, 1.807) is 55.8 Å². The van der Waals surface area contributed by atoms with Gasteiger partial charge in [0.15, 0.2) is 5.82 Å². The van der Waals surface area contributed by atoms with Gasteiger partial charge in [0.05, 0.1) is 16.6 Å². The maximum absolute atomic E-state index is 15.5. The second-order valence-corrected chi connectivity index (χ2v) is 14.2. The zero-order valence-corrected chi connectivity index (χ0v) is 21.8. The molecule has 5 aromatic rings. The van der Waals surface area contributed by atoms with Gasteiger partial charge >= 0.3 is 6.61 Å². The monoisotopic (exact) mass is 547 g/mol. The third-order valence-electron chi connectivity index (χ3n) is 8.46. The Morgan fingerprint density at radius 1 is 1.03 bits per heavy atom. The average molecular weight is 547 g/mol. The molecule has 0 spiro atoms. The highest BCUT2D eigenvalue weighted by Gasteiger charge is 2.72. The van der Waals surface area contributed by atoms with E-state index in [1.165, 1.54) is 12.4 Å². The van der Waals surface area contributed by atoms with Crippen molar-refractivity contribution in [3.63, 3.8) is 0 Å². The summed E-state index contributed by atoms with van der Waals surface area (Å²) in [7, 11) is -2.46. The molecule has 1 aliphatic carbocycles. The zero-order valence-electron chi connectivity index (χ0n) is 20.9. The number of nitrogens with zero attached hydrogens (tertiary/aromatic N) is 5. The number of benzene rings is 3. The molecule has 9 rings (SSSR count). The molecule has 3 aliphatic heterocycles. The number of alkyl halides is 2. The first-order valence-electron chi connectivity index (χ1n) is 12.5. The normalized spacial score (nSPS) is 22.3. The lowest BCUT2D eigenvalue weighted by Gasteiger charge is -2.45. The number of ether oxygens (including phenoxy) is 1. The van der Waals surface area contributed by atoms with E-state index in [9.17, 15) is 13.3 Å². The van der Waals surface area contributed by atoms with Crippen molar-refractivity contribution in [1.29, 1.82) is 0 Å². The van der Waals surface area contributed by atoms with E-state index in [1.807, 2.05) is 10.7 Å². The van der Waals surface area contributed by atoms with E-state index in [0.717, 1.165) is 0 Å². The maximum atomic E-state index is 15.5. The highest BCUT2D eigenvalue weighted by molar-refractivity contribution is 7.70. The molecule has 1 saturated carbocycles. The number of rotatable bonds is 4. The van der Waals surface area contributed by atoms with Gasteiger partial charge in [-0.1, -0.05) is 36.4 Å². The number of imidazole rings is 1. The van der Waals surface area contributed by atoms with E-state index in [-0.39, 0.29) is 5.75 Å². The fraction of sp³-hybridized carbons (Fsp3) is 0.250. The lowest BCUT2D eigenvalue weighted by atomic mass is 9.63. The standard InChI is InChI=1S/C28H21F3N5O2P/c1-39(2,37)16-8-6-15(7-9-16)18-10-21-20(11-19(18)29)34-25-28-12-27(13-28,35(21)25)23-17(24-32-14-33-36(24)28)4-3-5-22(23)38-26(30)31/h3-11,14,26H,12-13H2,1-2H3. The third kappa shape index (κ3) is 2.79. The van der Waals surface area contributed by atoms with Crippen molar-refractivity contribution in [3.05, 3.63) is 78.1 Å². The molecule has 196 valence electrons. The van der Waals surface area contributed by atoms with Crippen molar-refractivity contribution in [1.82, 2.24) is 24.3 Å². The average Bonchev–Trinajstić information content (AvgIpc) is 3.57. The molecule has 5 heterocycles. The van der Waals surface area contributed by atoms with Gasteiger partial charge < -0.3 is 13.9 Å². The van der Waals surface area contributed by atoms with Crippen LogP contribution in [0.4, 0.5) is 13.2 Å². The Kier molecular flexibility index (Phi) is 4.24. The van der Waals surface area contributed by atoms with Crippen LogP contribution in [0.1, 0.15) is 24.2 Å². The van der Waals surface area contributed by atoms with Crippen molar-refractivity contribution in [2.45, 2.75) is 30.5 Å². The molecule has 3 aromatic carbocycles. The molecule has 0 radical (unpaired) electrons. The highest BCUT2D eigenvalue weighted by atomic mass is 31.2. The van der Waals surface area contributed by atoms with Gasteiger partial charge in [-0.2, -0.15) is 13.9 Å². The Hall–Kier alpha value is -3.91. The molecule has 2 aromatic heterocycles. The first-order valence-corrected chi connectivity index (χ1v) is 15.1. The predicted molar refractivity (Wildman–Crippen MR) is 140 cm³/mol. The molecule has 39 heavy (non-hydrogen) atoms. The van der Waals surface area contributed by atoms with Gasteiger partial charge in [0.2, 0.25) is 0 Å². The quantitative estimate of drug-likeness (QED) is 0.276. The summed E-state index contributed by atoms with van der Waals surface area (Å²) in [6.07, 6.45) is 2.56. The van der Waals surface area contributed by atoms with Gasteiger partial charge in [0.1, 0.15) is 36.4 Å². The Morgan fingerprint density at radius 3 is 2.51 bits per heavy atom. The second-order valence-electron chi connectivity index (χ2n) is 11.0. The smallest absolute Gasteiger partial charge is 0.387 e. The number of fused-ring (bicyclic) bond motifs is 4.